The van der Waals surface area contributed by atoms with Gasteiger partial charge in [-0.25, -0.2) is 4.57 Å². The first-order valence-corrected chi connectivity index (χ1v) is 7.09. The molecule has 1 aromatic carbocycles. The number of pyridine rings is 1. The zero-order chi connectivity index (χ0) is 15.2. The number of aryl methyl sites for hydroxylation is 1. The summed E-state index contributed by atoms with van der Waals surface area (Å²) in [5.41, 5.74) is 2.53. The number of rotatable bonds is 5. The number of carbonyl (C=O) groups excluding carboxylic acids is 1. The number of amides is 1. The maximum Gasteiger partial charge on any atom is 0.254 e. The Bertz CT molecular complexity index is 617. The number of hydrogen-bond donors (Lipinski definition) is 0. The van der Waals surface area contributed by atoms with Crippen molar-refractivity contribution in [3.63, 3.8) is 0 Å². The van der Waals surface area contributed by atoms with Gasteiger partial charge < -0.3 is 4.90 Å². The Kier molecular flexibility index (Phi) is 4.88. The minimum atomic E-state index is -0.0167. The molecule has 0 N–H and O–H groups in total. The van der Waals surface area contributed by atoms with Gasteiger partial charge in [0.15, 0.2) is 12.4 Å². The number of hydrogen-bond acceptors (Lipinski definition) is 1. The third-order valence-corrected chi connectivity index (χ3v) is 3.47. The molecule has 0 bridgehead atoms. The lowest BCUT2D eigenvalue weighted by Gasteiger charge is -2.22. The molecule has 1 amide bonds. The SMILES string of the molecule is C=C(C(=O)N(CC)Cc1cc[n+](C)cc1)c1ccccc1. The molecule has 0 fully saturated rings. The van der Waals surface area contributed by atoms with Crippen LogP contribution < -0.4 is 4.57 Å². The lowest BCUT2D eigenvalue weighted by atomic mass is 10.1. The summed E-state index contributed by atoms with van der Waals surface area (Å²) in [5, 5.41) is 0. The Morgan fingerprint density at radius 2 is 1.76 bits per heavy atom. The predicted molar refractivity (Wildman–Crippen MR) is 84.2 cm³/mol. The fourth-order valence-corrected chi connectivity index (χ4v) is 2.14. The quantitative estimate of drug-likeness (QED) is 0.610. The molecular weight excluding hydrogens is 260 g/mol. The van der Waals surface area contributed by atoms with Crippen LogP contribution in [0.25, 0.3) is 5.57 Å². The van der Waals surface area contributed by atoms with Crippen molar-refractivity contribution in [1.82, 2.24) is 4.90 Å². The smallest absolute Gasteiger partial charge is 0.254 e. The molecule has 2 rings (SSSR count). The largest absolute Gasteiger partial charge is 0.335 e. The van der Waals surface area contributed by atoms with Gasteiger partial charge in [0.1, 0.15) is 7.05 Å². The van der Waals surface area contributed by atoms with E-state index in [9.17, 15) is 4.79 Å². The summed E-state index contributed by atoms with van der Waals surface area (Å²) in [4.78, 5) is 14.4. The van der Waals surface area contributed by atoms with Crippen molar-refractivity contribution in [3.8, 4) is 0 Å². The van der Waals surface area contributed by atoms with E-state index in [1.165, 1.54) is 0 Å². The molecule has 0 aliphatic rings. The second-order valence-corrected chi connectivity index (χ2v) is 5.04. The van der Waals surface area contributed by atoms with Gasteiger partial charge in [-0.05, 0) is 18.1 Å². The number of likely N-dealkylation sites (N-methyl/N-ethyl adjacent to an activating group) is 1. The van der Waals surface area contributed by atoms with E-state index in [2.05, 4.69) is 6.58 Å². The summed E-state index contributed by atoms with van der Waals surface area (Å²) < 4.78 is 1.98. The van der Waals surface area contributed by atoms with Crippen LogP contribution in [0.15, 0.2) is 61.4 Å². The molecule has 3 nitrogen and oxygen atoms in total. The molecule has 0 spiro atoms. The molecule has 0 atom stereocenters. The van der Waals surface area contributed by atoms with Crippen molar-refractivity contribution in [2.75, 3.05) is 6.54 Å². The Morgan fingerprint density at radius 3 is 2.33 bits per heavy atom. The third-order valence-electron chi connectivity index (χ3n) is 3.47. The normalized spacial score (nSPS) is 10.2. The number of nitrogens with zero attached hydrogens (tertiary/aromatic N) is 2. The highest BCUT2D eigenvalue weighted by Gasteiger charge is 2.17. The van der Waals surface area contributed by atoms with E-state index in [-0.39, 0.29) is 5.91 Å². The van der Waals surface area contributed by atoms with Crippen molar-refractivity contribution in [2.45, 2.75) is 13.5 Å². The maximum absolute atomic E-state index is 12.6. The van der Waals surface area contributed by atoms with Gasteiger partial charge in [0.2, 0.25) is 0 Å². The molecular formula is C18H21N2O+. The van der Waals surface area contributed by atoms with E-state index in [0.29, 0.717) is 18.7 Å². The van der Waals surface area contributed by atoms with Gasteiger partial charge in [0.05, 0.1) is 0 Å². The number of benzene rings is 1. The van der Waals surface area contributed by atoms with Crippen LogP contribution in [0.2, 0.25) is 0 Å². The zero-order valence-electron chi connectivity index (χ0n) is 12.6. The first-order chi connectivity index (χ1) is 10.1. The van der Waals surface area contributed by atoms with Crippen LogP contribution in [0.5, 0.6) is 0 Å². The van der Waals surface area contributed by atoms with Gasteiger partial charge >= 0.3 is 0 Å². The van der Waals surface area contributed by atoms with Gasteiger partial charge in [-0.3, -0.25) is 4.79 Å². The van der Waals surface area contributed by atoms with Gasteiger partial charge in [-0.15, -0.1) is 0 Å². The minimum absolute atomic E-state index is 0.0167. The highest BCUT2D eigenvalue weighted by atomic mass is 16.2. The van der Waals surface area contributed by atoms with Crippen molar-refractivity contribution in [3.05, 3.63) is 72.6 Å². The molecule has 0 saturated heterocycles. The van der Waals surface area contributed by atoms with Gasteiger partial charge in [0, 0.05) is 30.8 Å². The van der Waals surface area contributed by atoms with Crippen LogP contribution in [-0.2, 0) is 18.4 Å². The van der Waals surface area contributed by atoms with Gasteiger partial charge in [0.25, 0.3) is 5.91 Å². The Labute approximate surface area is 126 Å². The highest BCUT2D eigenvalue weighted by molar-refractivity contribution is 6.18. The van der Waals surface area contributed by atoms with E-state index < -0.39 is 0 Å². The molecule has 1 aromatic heterocycles. The average molecular weight is 281 g/mol. The molecule has 0 saturated carbocycles. The predicted octanol–water partition coefficient (Wildman–Crippen LogP) is 2.57. The second kappa shape index (κ2) is 6.84. The van der Waals surface area contributed by atoms with Crippen molar-refractivity contribution in [1.29, 1.82) is 0 Å². The van der Waals surface area contributed by atoms with Crippen LogP contribution in [-0.4, -0.2) is 17.4 Å². The summed E-state index contributed by atoms with van der Waals surface area (Å²) in [7, 11) is 1.98. The van der Waals surface area contributed by atoms with E-state index in [0.717, 1.165) is 11.1 Å². The van der Waals surface area contributed by atoms with Crippen molar-refractivity contribution < 1.29 is 9.36 Å². The summed E-state index contributed by atoms with van der Waals surface area (Å²) in [6, 6.07) is 13.7. The lowest BCUT2D eigenvalue weighted by Crippen LogP contribution is -2.32. The number of aromatic nitrogens is 1. The van der Waals surface area contributed by atoms with Crippen LogP contribution in [0.3, 0.4) is 0 Å². The highest BCUT2D eigenvalue weighted by Crippen LogP contribution is 2.16. The number of carbonyl (C=O) groups is 1. The fraction of sp³-hybridized carbons (Fsp3) is 0.222. The molecule has 3 heteroatoms. The monoisotopic (exact) mass is 281 g/mol. The van der Waals surface area contributed by atoms with Gasteiger partial charge in [-0.1, -0.05) is 36.9 Å². The van der Waals surface area contributed by atoms with Crippen LogP contribution in [0.1, 0.15) is 18.1 Å². The van der Waals surface area contributed by atoms with E-state index in [1.807, 2.05) is 78.3 Å². The van der Waals surface area contributed by atoms with E-state index in [1.54, 1.807) is 0 Å². The van der Waals surface area contributed by atoms with E-state index >= 15 is 0 Å². The standard InChI is InChI=1S/C18H21N2O/c1-4-20(14-16-10-12-19(3)13-11-16)18(21)15(2)17-8-6-5-7-9-17/h5-13H,2,4,14H2,1,3H3/q+1. The van der Waals surface area contributed by atoms with Crippen molar-refractivity contribution >= 4 is 11.5 Å². The van der Waals surface area contributed by atoms with Gasteiger partial charge in [-0.2, -0.15) is 0 Å². The average Bonchev–Trinajstić information content (AvgIpc) is 2.54. The summed E-state index contributed by atoms with van der Waals surface area (Å²) >= 11 is 0. The van der Waals surface area contributed by atoms with Crippen molar-refractivity contribution in [2.24, 2.45) is 7.05 Å². The molecule has 0 aliphatic heterocycles. The third kappa shape index (κ3) is 3.78. The fourth-order valence-electron chi connectivity index (χ4n) is 2.14. The van der Waals surface area contributed by atoms with Crippen LogP contribution in [0, 0.1) is 0 Å². The zero-order valence-corrected chi connectivity index (χ0v) is 12.6. The van der Waals surface area contributed by atoms with E-state index in [4.69, 9.17) is 0 Å². The summed E-state index contributed by atoms with van der Waals surface area (Å²) in [6.07, 6.45) is 3.97. The second-order valence-electron chi connectivity index (χ2n) is 5.04. The molecule has 21 heavy (non-hydrogen) atoms. The molecule has 108 valence electrons. The molecule has 0 unspecified atom stereocenters. The summed E-state index contributed by atoms with van der Waals surface area (Å²) in [5.74, 6) is -0.0167. The minimum Gasteiger partial charge on any atom is -0.335 e. The van der Waals surface area contributed by atoms with Crippen LogP contribution >= 0.6 is 0 Å². The Balaban J connectivity index is 2.11. The first-order valence-electron chi connectivity index (χ1n) is 7.09. The molecule has 2 aromatic rings. The Morgan fingerprint density at radius 1 is 1.14 bits per heavy atom. The summed E-state index contributed by atoms with van der Waals surface area (Å²) in [6.45, 7) is 7.20. The molecule has 0 radical (unpaired) electrons. The van der Waals surface area contributed by atoms with Crippen LogP contribution in [0.4, 0.5) is 0 Å². The first kappa shape index (κ1) is 15.0. The maximum atomic E-state index is 12.6. The topological polar surface area (TPSA) is 24.2 Å². The molecule has 0 aliphatic carbocycles. The Hall–Kier alpha value is -2.42. The molecule has 1 heterocycles. The lowest BCUT2D eigenvalue weighted by molar-refractivity contribution is -0.671.